The molecule has 6 heteroatoms. The second-order valence-electron chi connectivity index (χ2n) is 3.55. The van der Waals surface area contributed by atoms with Gasteiger partial charge in [0.05, 0.1) is 12.0 Å². The predicted molar refractivity (Wildman–Crippen MR) is 67.1 cm³/mol. The first-order valence-electron chi connectivity index (χ1n) is 5.36. The van der Waals surface area contributed by atoms with Gasteiger partial charge in [-0.15, -0.1) is 11.3 Å². The molecule has 0 bridgehead atoms. The predicted octanol–water partition coefficient (Wildman–Crippen LogP) is -1.03. The highest BCUT2D eigenvalue weighted by Crippen LogP contribution is 2.29. The summed E-state index contributed by atoms with van der Waals surface area (Å²) < 4.78 is 0. The number of thiophene rings is 1. The average Bonchev–Trinajstić information content (AvgIpc) is 2.68. The van der Waals surface area contributed by atoms with E-state index in [4.69, 9.17) is 5.11 Å². The van der Waals surface area contributed by atoms with Crippen LogP contribution in [0.3, 0.4) is 0 Å². The Labute approximate surface area is 111 Å². The van der Waals surface area contributed by atoms with Crippen LogP contribution < -0.4 is 17.7 Å². The zero-order valence-electron chi connectivity index (χ0n) is 9.83. The molecule has 0 aliphatic heterocycles. The monoisotopic (exact) mass is 272 g/mol. The van der Waals surface area contributed by atoms with E-state index in [2.05, 4.69) is 28.3 Å². The van der Waals surface area contributed by atoms with E-state index in [-0.39, 0.29) is 19.0 Å². The summed E-state index contributed by atoms with van der Waals surface area (Å²) in [7, 11) is 0. The Hall–Kier alpha value is -0.910. The topological polar surface area (TPSA) is 58.0 Å². The number of anilines is 1. The number of nitrogens with one attached hydrogen (secondary N) is 1. The number of aliphatic hydroxyl groups is 1. The van der Waals surface area contributed by atoms with Crippen molar-refractivity contribution in [1.82, 2.24) is 9.97 Å². The lowest BCUT2D eigenvalue weighted by Crippen LogP contribution is -3.00. The van der Waals surface area contributed by atoms with Crippen LogP contribution in [0.2, 0.25) is 0 Å². The van der Waals surface area contributed by atoms with Crippen LogP contribution in [0.4, 0.5) is 5.82 Å². The van der Waals surface area contributed by atoms with E-state index in [0.29, 0.717) is 6.54 Å². The number of aliphatic hydroxyl groups excluding tert-OH is 1. The molecule has 0 unspecified atom stereocenters. The molecule has 0 fully saturated rings. The molecule has 2 N–H and O–H groups in total. The molecular formula is C11H15ClN3OS-. The Balaban J connectivity index is 0.00000144. The van der Waals surface area contributed by atoms with Crippen molar-refractivity contribution in [3.05, 3.63) is 16.8 Å². The fourth-order valence-electron chi connectivity index (χ4n) is 1.56. The Morgan fingerprint density at radius 2 is 2.18 bits per heavy atom. The van der Waals surface area contributed by atoms with E-state index in [9.17, 15) is 0 Å². The summed E-state index contributed by atoms with van der Waals surface area (Å²) in [5.41, 5.74) is 0. The van der Waals surface area contributed by atoms with Crippen LogP contribution in [0.1, 0.15) is 17.6 Å². The summed E-state index contributed by atoms with van der Waals surface area (Å²) in [6, 6.07) is 2.12. The number of hydrogen-bond donors (Lipinski definition) is 2. The van der Waals surface area contributed by atoms with Crippen LogP contribution in [0.5, 0.6) is 0 Å². The highest BCUT2D eigenvalue weighted by Gasteiger charge is 2.08. The highest BCUT2D eigenvalue weighted by atomic mass is 35.5. The van der Waals surface area contributed by atoms with E-state index >= 15 is 0 Å². The van der Waals surface area contributed by atoms with Gasteiger partial charge in [0.1, 0.15) is 16.5 Å². The third kappa shape index (κ3) is 3.06. The molecule has 2 aromatic heterocycles. The van der Waals surface area contributed by atoms with Crippen LogP contribution >= 0.6 is 11.3 Å². The Kier molecular flexibility index (Phi) is 5.11. The van der Waals surface area contributed by atoms with Crippen LogP contribution in [0.25, 0.3) is 10.2 Å². The lowest BCUT2D eigenvalue weighted by Gasteiger charge is -2.05. The summed E-state index contributed by atoms with van der Waals surface area (Å²) in [6.45, 7) is 4.64. The number of aryl methyl sites for hydroxylation is 2. The SMILES string of the molecule is CCc1cc2c(NCCO)nc(C)nc2s1.[Cl-]. The first kappa shape index (κ1) is 14.2. The first-order chi connectivity index (χ1) is 7.74. The molecule has 0 saturated heterocycles. The van der Waals surface area contributed by atoms with Gasteiger partial charge in [-0.1, -0.05) is 6.92 Å². The van der Waals surface area contributed by atoms with Crippen LogP contribution in [-0.4, -0.2) is 28.2 Å². The van der Waals surface area contributed by atoms with Crippen molar-refractivity contribution in [2.45, 2.75) is 20.3 Å². The largest absolute Gasteiger partial charge is 1.00 e. The number of aromatic nitrogens is 2. The molecule has 94 valence electrons. The summed E-state index contributed by atoms with van der Waals surface area (Å²) in [4.78, 5) is 11.1. The molecule has 0 aliphatic rings. The van der Waals surface area contributed by atoms with Gasteiger partial charge in [-0.2, -0.15) is 0 Å². The molecule has 0 spiro atoms. The van der Waals surface area contributed by atoms with E-state index in [1.165, 1.54) is 4.88 Å². The normalized spacial score (nSPS) is 10.3. The van der Waals surface area contributed by atoms with Crippen LogP contribution in [0.15, 0.2) is 6.07 Å². The quantitative estimate of drug-likeness (QED) is 0.747. The molecule has 17 heavy (non-hydrogen) atoms. The van der Waals surface area contributed by atoms with Crippen molar-refractivity contribution in [2.24, 2.45) is 0 Å². The van der Waals surface area contributed by atoms with Crippen molar-refractivity contribution in [3.8, 4) is 0 Å². The van der Waals surface area contributed by atoms with Gasteiger partial charge < -0.3 is 22.8 Å². The first-order valence-corrected chi connectivity index (χ1v) is 6.18. The van der Waals surface area contributed by atoms with E-state index < -0.39 is 0 Å². The van der Waals surface area contributed by atoms with Gasteiger partial charge in [0, 0.05) is 11.4 Å². The standard InChI is InChI=1S/C11H15N3OS.ClH/c1-3-8-6-9-10(12-4-5-15)13-7(2)14-11(9)16-8;/h6,15H,3-5H2,1-2H3,(H,12,13,14);1H/p-1. The summed E-state index contributed by atoms with van der Waals surface area (Å²) >= 11 is 1.71. The lowest BCUT2D eigenvalue weighted by atomic mass is 10.3. The highest BCUT2D eigenvalue weighted by molar-refractivity contribution is 7.18. The molecule has 4 nitrogen and oxygen atoms in total. The molecule has 0 saturated carbocycles. The van der Waals surface area contributed by atoms with Gasteiger partial charge in [-0.3, -0.25) is 0 Å². The second kappa shape index (κ2) is 6.14. The number of rotatable bonds is 4. The average molecular weight is 273 g/mol. The van der Waals surface area contributed by atoms with Gasteiger partial charge in [0.25, 0.3) is 0 Å². The molecule has 2 rings (SSSR count). The van der Waals surface area contributed by atoms with Crippen LogP contribution in [0, 0.1) is 6.92 Å². The Bertz CT molecular complexity index is 501. The molecule has 0 amide bonds. The number of halogens is 1. The molecule has 0 aliphatic carbocycles. The fraction of sp³-hybridized carbons (Fsp3) is 0.455. The fourth-order valence-corrected chi connectivity index (χ4v) is 2.57. The Morgan fingerprint density at radius 1 is 1.41 bits per heavy atom. The zero-order chi connectivity index (χ0) is 11.5. The van der Waals surface area contributed by atoms with Crippen molar-refractivity contribution in [1.29, 1.82) is 0 Å². The lowest BCUT2D eigenvalue weighted by molar-refractivity contribution is -0.00000452. The molecule has 2 heterocycles. The number of fused-ring (bicyclic) bond motifs is 1. The maximum Gasteiger partial charge on any atom is 0.138 e. The number of hydrogen-bond acceptors (Lipinski definition) is 5. The minimum absolute atomic E-state index is 0. The van der Waals surface area contributed by atoms with E-state index in [0.717, 1.165) is 28.3 Å². The number of nitrogens with zero attached hydrogens (tertiary/aromatic N) is 2. The third-order valence-corrected chi connectivity index (χ3v) is 3.48. The minimum Gasteiger partial charge on any atom is -1.00 e. The van der Waals surface area contributed by atoms with Crippen molar-refractivity contribution in [2.75, 3.05) is 18.5 Å². The van der Waals surface area contributed by atoms with Gasteiger partial charge in [0.2, 0.25) is 0 Å². The van der Waals surface area contributed by atoms with E-state index in [1.54, 1.807) is 11.3 Å². The minimum atomic E-state index is 0. The van der Waals surface area contributed by atoms with Gasteiger partial charge in [-0.25, -0.2) is 9.97 Å². The maximum atomic E-state index is 8.82. The molecule has 0 aromatic carbocycles. The molecular weight excluding hydrogens is 258 g/mol. The van der Waals surface area contributed by atoms with Crippen molar-refractivity contribution < 1.29 is 17.5 Å². The molecule has 2 aromatic rings. The van der Waals surface area contributed by atoms with E-state index in [1.807, 2.05) is 6.92 Å². The second-order valence-corrected chi connectivity index (χ2v) is 4.67. The Morgan fingerprint density at radius 3 is 2.82 bits per heavy atom. The van der Waals surface area contributed by atoms with Gasteiger partial charge in [0.15, 0.2) is 0 Å². The van der Waals surface area contributed by atoms with Gasteiger partial charge in [-0.05, 0) is 19.4 Å². The smallest absolute Gasteiger partial charge is 0.138 e. The maximum absolute atomic E-state index is 8.82. The zero-order valence-corrected chi connectivity index (χ0v) is 11.4. The third-order valence-electron chi connectivity index (χ3n) is 2.31. The molecule has 0 radical (unpaired) electrons. The summed E-state index contributed by atoms with van der Waals surface area (Å²) in [5, 5.41) is 13.0. The molecule has 0 atom stereocenters. The van der Waals surface area contributed by atoms with Crippen molar-refractivity contribution >= 4 is 27.4 Å². The van der Waals surface area contributed by atoms with Crippen molar-refractivity contribution in [3.63, 3.8) is 0 Å². The van der Waals surface area contributed by atoms with Crippen LogP contribution in [-0.2, 0) is 6.42 Å². The summed E-state index contributed by atoms with van der Waals surface area (Å²) in [5.74, 6) is 1.59. The van der Waals surface area contributed by atoms with Gasteiger partial charge >= 0.3 is 0 Å². The summed E-state index contributed by atoms with van der Waals surface area (Å²) in [6.07, 6.45) is 1.01.